The summed E-state index contributed by atoms with van der Waals surface area (Å²) in [7, 11) is 1.56. The number of ether oxygens (including phenoxy) is 1. The van der Waals surface area contributed by atoms with E-state index in [0.29, 0.717) is 5.88 Å². The molecule has 1 aromatic heterocycles. The minimum atomic E-state index is 0.549. The van der Waals surface area contributed by atoms with Crippen molar-refractivity contribution in [1.29, 1.82) is 0 Å². The van der Waals surface area contributed by atoms with Gasteiger partial charge in [0, 0.05) is 12.3 Å². The SMILES string of the molecule is CC(C)C.COc1cccnn1. The average molecular weight is 168 g/mol. The topological polar surface area (TPSA) is 35.0 Å². The number of rotatable bonds is 1. The van der Waals surface area contributed by atoms with Crippen LogP contribution in [0.5, 0.6) is 5.88 Å². The summed E-state index contributed by atoms with van der Waals surface area (Å²) in [4.78, 5) is 0. The smallest absolute Gasteiger partial charge is 0.233 e. The van der Waals surface area contributed by atoms with Crippen LogP contribution in [0.1, 0.15) is 20.8 Å². The normalized spacial score (nSPS) is 8.75. The van der Waals surface area contributed by atoms with Crippen LogP contribution in [0, 0.1) is 5.92 Å². The van der Waals surface area contributed by atoms with Crippen LogP contribution in [0.4, 0.5) is 0 Å². The molecule has 68 valence electrons. The van der Waals surface area contributed by atoms with E-state index in [9.17, 15) is 0 Å². The first-order valence-corrected chi connectivity index (χ1v) is 3.98. The van der Waals surface area contributed by atoms with E-state index in [0.717, 1.165) is 5.92 Å². The lowest BCUT2D eigenvalue weighted by molar-refractivity contribution is 0.392. The lowest BCUT2D eigenvalue weighted by Crippen LogP contribution is -1.86. The van der Waals surface area contributed by atoms with Crippen molar-refractivity contribution in [1.82, 2.24) is 10.2 Å². The zero-order valence-corrected chi connectivity index (χ0v) is 8.11. The first-order valence-electron chi connectivity index (χ1n) is 3.98. The summed E-state index contributed by atoms with van der Waals surface area (Å²) < 4.78 is 4.74. The Balaban J connectivity index is 0.000000261. The predicted molar refractivity (Wildman–Crippen MR) is 49.1 cm³/mol. The summed E-state index contributed by atoms with van der Waals surface area (Å²) in [5, 5.41) is 7.21. The van der Waals surface area contributed by atoms with Gasteiger partial charge >= 0.3 is 0 Å². The zero-order valence-electron chi connectivity index (χ0n) is 8.11. The van der Waals surface area contributed by atoms with Gasteiger partial charge in [-0.2, -0.15) is 5.10 Å². The highest BCUT2D eigenvalue weighted by atomic mass is 16.5. The van der Waals surface area contributed by atoms with Crippen LogP contribution < -0.4 is 4.74 Å². The van der Waals surface area contributed by atoms with Gasteiger partial charge in [0.15, 0.2) is 0 Å². The second-order valence-corrected chi connectivity index (χ2v) is 3.00. The van der Waals surface area contributed by atoms with Crippen molar-refractivity contribution in [2.45, 2.75) is 20.8 Å². The van der Waals surface area contributed by atoms with Crippen LogP contribution in [0.2, 0.25) is 0 Å². The standard InChI is InChI=1S/C5H6N2O.C4H10/c1-8-5-3-2-4-6-7-5;1-4(2)3/h2-4H,1H3;4H,1-3H3. The van der Waals surface area contributed by atoms with Gasteiger partial charge in [-0.1, -0.05) is 20.8 Å². The highest BCUT2D eigenvalue weighted by Crippen LogP contribution is 1.97. The van der Waals surface area contributed by atoms with Crippen LogP contribution in [-0.4, -0.2) is 17.3 Å². The molecule has 12 heavy (non-hydrogen) atoms. The van der Waals surface area contributed by atoms with E-state index in [1.807, 2.05) is 0 Å². The van der Waals surface area contributed by atoms with Crippen LogP contribution >= 0.6 is 0 Å². The third kappa shape index (κ3) is 6.99. The van der Waals surface area contributed by atoms with Gasteiger partial charge < -0.3 is 4.74 Å². The summed E-state index contributed by atoms with van der Waals surface area (Å²) >= 11 is 0. The maximum Gasteiger partial charge on any atom is 0.233 e. The molecular weight excluding hydrogens is 152 g/mol. The van der Waals surface area contributed by atoms with Gasteiger partial charge in [-0.05, 0) is 12.0 Å². The Hall–Kier alpha value is -1.12. The Morgan fingerprint density at radius 2 is 1.92 bits per heavy atom. The van der Waals surface area contributed by atoms with E-state index in [1.54, 1.807) is 25.4 Å². The number of nitrogens with zero attached hydrogens (tertiary/aromatic N) is 2. The predicted octanol–water partition coefficient (Wildman–Crippen LogP) is 2.15. The van der Waals surface area contributed by atoms with E-state index in [1.165, 1.54) is 0 Å². The van der Waals surface area contributed by atoms with Gasteiger partial charge in [-0.15, -0.1) is 5.10 Å². The highest BCUT2D eigenvalue weighted by Gasteiger charge is 1.83. The van der Waals surface area contributed by atoms with Crippen molar-refractivity contribution >= 4 is 0 Å². The van der Waals surface area contributed by atoms with Crippen LogP contribution in [-0.2, 0) is 0 Å². The molecule has 0 N–H and O–H groups in total. The highest BCUT2D eigenvalue weighted by molar-refractivity contribution is 5.04. The van der Waals surface area contributed by atoms with Gasteiger partial charge in [-0.3, -0.25) is 0 Å². The molecule has 0 bridgehead atoms. The molecule has 3 heteroatoms. The molecule has 1 heterocycles. The molecule has 0 spiro atoms. The molecule has 1 aromatic rings. The molecule has 0 radical (unpaired) electrons. The second kappa shape index (κ2) is 6.58. The molecule has 1 rings (SSSR count). The molecule has 3 nitrogen and oxygen atoms in total. The first-order chi connectivity index (χ1) is 5.66. The molecule has 0 aliphatic carbocycles. The maximum atomic E-state index is 4.74. The third-order valence-corrected chi connectivity index (χ3v) is 0.757. The Bertz CT molecular complexity index is 184. The van der Waals surface area contributed by atoms with Gasteiger partial charge in [0.25, 0.3) is 0 Å². The summed E-state index contributed by atoms with van der Waals surface area (Å²) in [6.07, 6.45) is 1.60. The summed E-state index contributed by atoms with van der Waals surface area (Å²) in [6.45, 7) is 6.50. The molecule has 0 saturated carbocycles. The summed E-state index contributed by atoms with van der Waals surface area (Å²) in [6, 6.07) is 3.51. The van der Waals surface area contributed by atoms with E-state index in [2.05, 4.69) is 31.0 Å². The molecule has 0 aromatic carbocycles. The van der Waals surface area contributed by atoms with E-state index < -0.39 is 0 Å². The molecule has 0 atom stereocenters. The maximum absolute atomic E-state index is 4.74. The second-order valence-electron chi connectivity index (χ2n) is 3.00. The van der Waals surface area contributed by atoms with Crippen molar-refractivity contribution in [2.24, 2.45) is 5.92 Å². The molecule has 0 aliphatic rings. The fourth-order valence-corrected chi connectivity index (χ4v) is 0.396. The molecule has 0 fully saturated rings. The van der Waals surface area contributed by atoms with Crippen molar-refractivity contribution in [3.05, 3.63) is 18.3 Å². The molecule has 0 unspecified atom stereocenters. The number of hydrogen-bond acceptors (Lipinski definition) is 3. The van der Waals surface area contributed by atoms with Crippen LogP contribution in [0.15, 0.2) is 18.3 Å². The lowest BCUT2D eigenvalue weighted by atomic mass is 10.3. The van der Waals surface area contributed by atoms with E-state index >= 15 is 0 Å². The molecule has 0 amide bonds. The largest absolute Gasteiger partial charge is 0.480 e. The fourth-order valence-electron chi connectivity index (χ4n) is 0.396. The minimum Gasteiger partial charge on any atom is -0.480 e. The van der Waals surface area contributed by atoms with Crippen LogP contribution in [0.3, 0.4) is 0 Å². The van der Waals surface area contributed by atoms with Gasteiger partial charge in [-0.25, -0.2) is 0 Å². The van der Waals surface area contributed by atoms with Crippen molar-refractivity contribution in [3.8, 4) is 5.88 Å². The Labute approximate surface area is 73.8 Å². The van der Waals surface area contributed by atoms with Crippen molar-refractivity contribution in [2.75, 3.05) is 7.11 Å². The molecule has 0 saturated heterocycles. The van der Waals surface area contributed by atoms with Crippen LogP contribution in [0.25, 0.3) is 0 Å². The van der Waals surface area contributed by atoms with E-state index in [-0.39, 0.29) is 0 Å². The fraction of sp³-hybridized carbons (Fsp3) is 0.556. The zero-order chi connectivity index (χ0) is 9.40. The van der Waals surface area contributed by atoms with E-state index in [4.69, 9.17) is 4.74 Å². The quantitative estimate of drug-likeness (QED) is 0.644. The number of aromatic nitrogens is 2. The van der Waals surface area contributed by atoms with Gasteiger partial charge in [0.05, 0.1) is 7.11 Å². The summed E-state index contributed by atoms with van der Waals surface area (Å²) in [5.41, 5.74) is 0. The minimum absolute atomic E-state index is 0.549. The monoisotopic (exact) mass is 168 g/mol. The van der Waals surface area contributed by atoms with Crippen molar-refractivity contribution in [3.63, 3.8) is 0 Å². The van der Waals surface area contributed by atoms with Crippen molar-refractivity contribution < 1.29 is 4.74 Å². The third-order valence-electron chi connectivity index (χ3n) is 0.757. The number of methoxy groups -OCH3 is 1. The molecule has 0 aliphatic heterocycles. The van der Waals surface area contributed by atoms with Gasteiger partial charge in [0.2, 0.25) is 5.88 Å². The Kier molecular flexibility index (Phi) is 5.97. The first kappa shape index (κ1) is 10.9. The summed E-state index contributed by atoms with van der Waals surface area (Å²) in [5.74, 6) is 1.38. The average Bonchev–Trinajstić information content (AvgIpc) is 2.05. The lowest BCUT2D eigenvalue weighted by Gasteiger charge is -1.91. The molecular formula is C9H16N2O. The number of hydrogen-bond donors (Lipinski definition) is 0. The Morgan fingerprint density at radius 3 is 2.17 bits per heavy atom. The Morgan fingerprint density at radius 1 is 1.33 bits per heavy atom. The van der Waals surface area contributed by atoms with Gasteiger partial charge in [0.1, 0.15) is 0 Å².